The molecule has 1 aliphatic heterocycles. The molecular weight excluding hydrogens is 276 g/mol. The Kier molecular flexibility index (Phi) is 3.75. The number of fused-ring (bicyclic) bond motifs is 2. The molecule has 0 N–H and O–H groups in total. The zero-order valence-electron chi connectivity index (χ0n) is 13.9. The molecule has 0 saturated heterocycles. The summed E-state index contributed by atoms with van der Waals surface area (Å²) in [5.41, 5.74) is 3.16. The number of ether oxygens (including phenoxy) is 2. The molecule has 1 heterocycles. The summed E-state index contributed by atoms with van der Waals surface area (Å²) in [5.74, 6) is 1.85. The van der Waals surface area contributed by atoms with Crippen LogP contribution in [-0.4, -0.2) is 13.1 Å². The molecule has 1 aromatic rings. The van der Waals surface area contributed by atoms with E-state index in [4.69, 9.17) is 9.47 Å². The molecule has 1 aliphatic carbocycles. The van der Waals surface area contributed by atoms with Gasteiger partial charge in [0.05, 0.1) is 12.5 Å². The van der Waals surface area contributed by atoms with Crippen LogP contribution in [0.25, 0.3) is 5.76 Å². The smallest absolute Gasteiger partial charge is 0.317 e. The Morgan fingerprint density at radius 2 is 2.09 bits per heavy atom. The first kappa shape index (κ1) is 15.1. The van der Waals surface area contributed by atoms with Crippen LogP contribution in [0.1, 0.15) is 51.2 Å². The standard InChI is InChI=1S/C19H24O3/c1-5-6-16-15-9-7-12-11-13(21-4)8-10-14(12)17(15)22-18(20)19(16,2)3/h8,10-11,16H,5-7,9H2,1-4H3/t16-/m1/s1. The monoisotopic (exact) mass is 300 g/mol. The number of carbonyl (C=O) groups excluding carboxylic acids is 1. The fourth-order valence-corrected chi connectivity index (χ4v) is 3.76. The van der Waals surface area contributed by atoms with E-state index in [9.17, 15) is 4.79 Å². The molecule has 0 amide bonds. The van der Waals surface area contributed by atoms with Crippen molar-refractivity contribution in [3.8, 4) is 5.75 Å². The molecule has 3 heteroatoms. The van der Waals surface area contributed by atoms with Crippen molar-refractivity contribution in [3.05, 3.63) is 34.9 Å². The third-order valence-corrected chi connectivity index (χ3v) is 5.10. The Morgan fingerprint density at radius 1 is 1.32 bits per heavy atom. The molecule has 0 spiro atoms. The minimum Gasteiger partial charge on any atom is -0.497 e. The topological polar surface area (TPSA) is 35.5 Å². The number of esters is 1. The van der Waals surface area contributed by atoms with E-state index in [-0.39, 0.29) is 11.9 Å². The highest BCUT2D eigenvalue weighted by Gasteiger charge is 2.46. The van der Waals surface area contributed by atoms with Gasteiger partial charge in [-0.05, 0) is 68.4 Å². The minimum absolute atomic E-state index is 0.103. The molecule has 0 saturated carbocycles. The van der Waals surface area contributed by atoms with E-state index in [1.54, 1.807) is 7.11 Å². The maximum Gasteiger partial charge on any atom is 0.317 e. The normalized spacial score (nSPS) is 22.7. The van der Waals surface area contributed by atoms with Crippen molar-refractivity contribution < 1.29 is 14.3 Å². The number of carbonyl (C=O) groups is 1. The second-order valence-corrected chi connectivity index (χ2v) is 6.83. The lowest BCUT2D eigenvalue weighted by Gasteiger charge is -2.41. The predicted molar refractivity (Wildman–Crippen MR) is 86.5 cm³/mol. The second-order valence-electron chi connectivity index (χ2n) is 6.83. The number of allylic oxidation sites excluding steroid dienone is 1. The van der Waals surface area contributed by atoms with Crippen LogP contribution in [0.15, 0.2) is 23.8 Å². The number of aryl methyl sites for hydroxylation is 1. The first-order valence-corrected chi connectivity index (χ1v) is 8.11. The summed E-state index contributed by atoms with van der Waals surface area (Å²) in [6, 6.07) is 6.02. The Labute approximate surface area is 132 Å². The highest BCUT2D eigenvalue weighted by atomic mass is 16.5. The van der Waals surface area contributed by atoms with Crippen LogP contribution in [0.4, 0.5) is 0 Å². The molecular formula is C19H24O3. The van der Waals surface area contributed by atoms with Gasteiger partial charge in [0.2, 0.25) is 0 Å². The van der Waals surface area contributed by atoms with Crippen molar-refractivity contribution in [2.24, 2.45) is 11.3 Å². The van der Waals surface area contributed by atoms with Crippen LogP contribution >= 0.6 is 0 Å². The van der Waals surface area contributed by atoms with Gasteiger partial charge in [0, 0.05) is 5.56 Å². The van der Waals surface area contributed by atoms with Crippen LogP contribution in [-0.2, 0) is 16.0 Å². The zero-order valence-corrected chi connectivity index (χ0v) is 13.9. The van der Waals surface area contributed by atoms with Crippen molar-refractivity contribution in [2.75, 3.05) is 7.11 Å². The summed E-state index contributed by atoms with van der Waals surface area (Å²) in [6.45, 7) is 6.21. The first-order chi connectivity index (χ1) is 10.5. The molecule has 0 unspecified atom stereocenters. The molecule has 0 bridgehead atoms. The lowest BCUT2D eigenvalue weighted by molar-refractivity contribution is -0.151. The lowest BCUT2D eigenvalue weighted by atomic mass is 9.67. The third-order valence-electron chi connectivity index (χ3n) is 5.10. The van der Waals surface area contributed by atoms with Gasteiger partial charge in [-0.3, -0.25) is 4.79 Å². The van der Waals surface area contributed by atoms with Gasteiger partial charge in [0.1, 0.15) is 11.5 Å². The Bertz CT molecular complexity index is 640. The average Bonchev–Trinajstić information content (AvgIpc) is 2.51. The quantitative estimate of drug-likeness (QED) is 0.778. The van der Waals surface area contributed by atoms with Gasteiger partial charge in [-0.2, -0.15) is 0 Å². The number of rotatable bonds is 3. The van der Waals surface area contributed by atoms with Crippen molar-refractivity contribution in [2.45, 2.75) is 46.5 Å². The van der Waals surface area contributed by atoms with Crippen LogP contribution in [0.2, 0.25) is 0 Å². The summed E-state index contributed by atoms with van der Waals surface area (Å²) in [6.07, 6.45) is 4.07. The maximum absolute atomic E-state index is 12.5. The van der Waals surface area contributed by atoms with Gasteiger partial charge in [-0.1, -0.05) is 13.3 Å². The van der Waals surface area contributed by atoms with Crippen molar-refractivity contribution in [3.63, 3.8) is 0 Å². The van der Waals surface area contributed by atoms with E-state index in [1.165, 1.54) is 11.1 Å². The van der Waals surface area contributed by atoms with Crippen molar-refractivity contribution in [1.82, 2.24) is 0 Å². The molecule has 1 atom stereocenters. The molecule has 3 nitrogen and oxygen atoms in total. The molecule has 118 valence electrons. The Hall–Kier alpha value is -1.77. The summed E-state index contributed by atoms with van der Waals surface area (Å²) >= 11 is 0. The molecule has 2 aliphatic rings. The largest absolute Gasteiger partial charge is 0.497 e. The molecule has 0 fully saturated rings. The highest BCUT2D eigenvalue weighted by Crippen LogP contribution is 2.49. The number of hydrogen-bond acceptors (Lipinski definition) is 3. The van der Waals surface area contributed by atoms with E-state index in [1.807, 2.05) is 26.0 Å². The summed E-state index contributed by atoms with van der Waals surface area (Å²) in [5, 5.41) is 0. The van der Waals surface area contributed by atoms with Gasteiger partial charge >= 0.3 is 5.97 Å². The molecule has 3 rings (SSSR count). The average molecular weight is 300 g/mol. The van der Waals surface area contributed by atoms with Gasteiger partial charge in [-0.15, -0.1) is 0 Å². The number of methoxy groups -OCH3 is 1. The van der Waals surface area contributed by atoms with E-state index < -0.39 is 5.41 Å². The van der Waals surface area contributed by atoms with E-state index in [2.05, 4.69) is 13.0 Å². The lowest BCUT2D eigenvalue weighted by Crippen LogP contribution is -2.40. The second kappa shape index (κ2) is 5.45. The zero-order chi connectivity index (χ0) is 15.9. The van der Waals surface area contributed by atoms with Gasteiger partial charge < -0.3 is 9.47 Å². The summed E-state index contributed by atoms with van der Waals surface area (Å²) < 4.78 is 11.1. The van der Waals surface area contributed by atoms with Crippen molar-refractivity contribution >= 4 is 11.7 Å². The van der Waals surface area contributed by atoms with Gasteiger partial charge in [0.15, 0.2) is 0 Å². The SMILES string of the molecule is CCC[C@@H]1C2=C(OC(=O)C1(C)C)c1ccc(OC)cc1CC2. The fourth-order valence-electron chi connectivity index (χ4n) is 3.76. The van der Waals surface area contributed by atoms with Gasteiger partial charge in [0.25, 0.3) is 0 Å². The van der Waals surface area contributed by atoms with E-state index in [0.29, 0.717) is 0 Å². The third kappa shape index (κ3) is 2.23. The number of benzene rings is 1. The van der Waals surface area contributed by atoms with E-state index >= 15 is 0 Å². The molecule has 1 aromatic carbocycles. The maximum atomic E-state index is 12.5. The summed E-state index contributed by atoms with van der Waals surface area (Å²) in [7, 11) is 1.68. The summed E-state index contributed by atoms with van der Waals surface area (Å²) in [4.78, 5) is 12.5. The molecule has 0 radical (unpaired) electrons. The van der Waals surface area contributed by atoms with Crippen molar-refractivity contribution in [1.29, 1.82) is 0 Å². The molecule has 22 heavy (non-hydrogen) atoms. The predicted octanol–water partition coefficient (Wildman–Crippen LogP) is 4.35. The first-order valence-electron chi connectivity index (χ1n) is 8.11. The fraction of sp³-hybridized carbons (Fsp3) is 0.526. The highest BCUT2D eigenvalue weighted by molar-refractivity contribution is 5.88. The minimum atomic E-state index is -0.432. The van der Waals surface area contributed by atoms with Crippen LogP contribution in [0.3, 0.4) is 0 Å². The molecule has 0 aromatic heterocycles. The number of hydrogen-bond donors (Lipinski definition) is 0. The van der Waals surface area contributed by atoms with E-state index in [0.717, 1.165) is 42.8 Å². The van der Waals surface area contributed by atoms with Crippen LogP contribution < -0.4 is 4.74 Å². The van der Waals surface area contributed by atoms with Crippen LogP contribution in [0.5, 0.6) is 5.75 Å². The Morgan fingerprint density at radius 3 is 2.77 bits per heavy atom. The Balaban J connectivity index is 2.11. The van der Waals surface area contributed by atoms with Gasteiger partial charge in [-0.25, -0.2) is 0 Å². The van der Waals surface area contributed by atoms with Crippen LogP contribution in [0, 0.1) is 11.3 Å².